The van der Waals surface area contributed by atoms with Gasteiger partial charge in [0, 0.05) is 12.8 Å². The van der Waals surface area contributed by atoms with Gasteiger partial charge in [-0.1, -0.05) is 152 Å². The van der Waals surface area contributed by atoms with E-state index in [0.29, 0.717) is 32.1 Å². The van der Waals surface area contributed by atoms with Crippen LogP contribution in [0, 0.1) is 0 Å². The van der Waals surface area contributed by atoms with Crippen LogP contribution < -0.4 is 0 Å². The van der Waals surface area contributed by atoms with Gasteiger partial charge in [-0.3, -0.25) is 18.6 Å². The average molecular weight is 873 g/mol. The third-order valence-electron chi connectivity index (χ3n) is 9.95. The molecule has 0 aromatic rings. The van der Waals surface area contributed by atoms with E-state index in [0.717, 1.165) is 32.1 Å². The SMILES string of the molecule is CC/C=C\C/C=C\CC(O)/C=C/C=C\C/C=C\CCCC(=O)OC(COC(=O)CCCCCCCCCCCCCCC)COP(=O)(O)OC1C(O)C(O)C(O)C(O)C1O. The van der Waals surface area contributed by atoms with Crippen molar-refractivity contribution in [3.8, 4) is 0 Å². The zero-order valence-electron chi connectivity index (χ0n) is 36.1. The van der Waals surface area contributed by atoms with E-state index in [1.807, 2.05) is 36.5 Å². The molecule has 346 valence electrons. The quantitative estimate of drug-likeness (QED) is 0.0110. The second kappa shape index (κ2) is 35.0. The highest BCUT2D eigenvalue weighted by atomic mass is 31.2. The predicted molar refractivity (Wildman–Crippen MR) is 232 cm³/mol. The number of carbonyl (C=O) groups excluding carboxylic acids is 2. The summed E-state index contributed by atoms with van der Waals surface area (Å²) in [7, 11) is -5.15. The van der Waals surface area contributed by atoms with E-state index in [-0.39, 0.29) is 12.8 Å². The van der Waals surface area contributed by atoms with Crippen molar-refractivity contribution in [1.82, 2.24) is 0 Å². The van der Waals surface area contributed by atoms with Crippen LogP contribution in [0.4, 0.5) is 0 Å². The van der Waals surface area contributed by atoms with Crippen molar-refractivity contribution in [1.29, 1.82) is 0 Å². The zero-order chi connectivity index (χ0) is 44.4. The second-order valence-electron chi connectivity index (χ2n) is 15.4. The van der Waals surface area contributed by atoms with Crippen LogP contribution in [-0.2, 0) is 32.7 Å². The van der Waals surface area contributed by atoms with Gasteiger partial charge in [-0.25, -0.2) is 4.57 Å². The maximum Gasteiger partial charge on any atom is 0.472 e. The summed E-state index contributed by atoms with van der Waals surface area (Å²) in [5.74, 6) is -1.21. The molecule has 0 radical (unpaired) electrons. The Hall–Kier alpha value is -2.49. The van der Waals surface area contributed by atoms with Gasteiger partial charge < -0.3 is 45.0 Å². The van der Waals surface area contributed by atoms with Gasteiger partial charge >= 0.3 is 19.8 Å². The average Bonchev–Trinajstić information content (AvgIpc) is 3.22. The lowest BCUT2D eigenvalue weighted by atomic mass is 9.85. The highest BCUT2D eigenvalue weighted by Gasteiger charge is 2.51. The summed E-state index contributed by atoms with van der Waals surface area (Å²) in [4.78, 5) is 35.6. The molecule has 15 heteroatoms. The lowest BCUT2D eigenvalue weighted by Gasteiger charge is -2.41. The second-order valence-corrected chi connectivity index (χ2v) is 16.8. The van der Waals surface area contributed by atoms with Crippen LogP contribution in [0.2, 0.25) is 0 Å². The summed E-state index contributed by atoms with van der Waals surface area (Å²) in [6.07, 6.45) is 24.5. The molecule has 0 aromatic heterocycles. The number of hydrogen-bond donors (Lipinski definition) is 7. The fraction of sp³-hybridized carbons (Fsp3) is 0.733. The lowest BCUT2D eigenvalue weighted by molar-refractivity contribution is -0.220. The molecule has 0 spiro atoms. The van der Waals surface area contributed by atoms with Crippen LogP contribution in [0.15, 0.2) is 60.8 Å². The van der Waals surface area contributed by atoms with Crippen LogP contribution >= 0.6 is 7.82 Å². The number of ether oxygens (including phenoxy) is 2. The summed E-state index contributed by atoms with van der Waals surface area (Å²) < 4.78 is 33.4. The van der Waals surface area contributed by atoms with Gasteiger partial charge in [-0.15, -0.1) is 0 Å². The Kier molecular flexibility index (Phi) is 32.4. The molecule has 14 nitrogen and oxygen atoms in total. The normalized spacial score (nSPS) is 23.3. The number of phosphoric acid groups is 1. The first-order valence-electron chi connectivity index (χ1n) is 22.2. The molecule has 7 N–H and O–H groups in total. The van der Waals surface area contributed by atoms with Crippen molar-refractivity contribution in [3.63, 3.8) is 0 Å². The third-order valence-corrected chi connectivity index (χ3v) is 10.9. The van der Waals surface area contributed by atoms with Crippen molar-refractivity contribution in [2.45, 2.75) is 198 Å². The molecule has 0 heterocycles. The number of unbranched alkanes of at least 4 members (excludes halogenated alkanes) is 13. The van der Waals surface area contributed by atoms with E-state index in [2.05, 4.69) is 26.0 Å². The Balaban J connectivity index is 2.56. The maximum absolute atomic E-state index is 12.8. The Labute approximate surface area is 358 Å². The van der Waals surface area contributed by atoms with Gasteiger partial charge in [-0.05, 0) is 44.9 Å². The third kappa shape index (κ3) is 27.5. The van der Waals surface area contributed by atoms with Gasteiger partial charge in [0.2, 0.25) is 0 Å². The van der Waals surface area contributed by atoms with E-state index in [1.54, 1.807) is 12.2 Å². The van der Waals surface area contributed by atoms with Crippen molar-refractivity contribution >= 4 is 19.8 Å². The standard InChI is InChI=1S/C45H77O14P/c1-3-5-7-9-11-12-13-14-15-16-20-24-28-32-38(47)56-34-37(35-57-60(54,55)59-45-43(52)41(50)40(49)42(51)44(45)53)58-39(48)33-29-25-21-18-17-19-23-27-31-36(46)30-26-22-10-8-6-4-2/h6,8,18-19,21-23,26-27,31,36-37,40-46,49-53H,3-5,7,9-17,20,24-25,28-30,32-35H2,1-2H3,(H,54,55)/b8-6-,21-18-,23-19-,26-22-,31-27+. The van der Waals surface area contributed by atoms with Crippen molar-refractivity contribution in [2.24, 2.45) is 0 Å². The lowest BCUT2D eigenvalue weighted by Crippen LogP contribution is -2.64. The molecule has 1 fully saturated rings. The zero-order valence-corrected chi connectivity index (χ0v) is 37.0. The van der Waals surface area contributed by atoms with Crippen LogP contribution in [0.1, 0.15) is 149 Å². The van der Waals surface area contributed by atoms with Crippen LogP contribution in [0.3, 0.4) is 0 Å². The van der Waals surface area contributed by atoms with Crippen LogP contribution in [0.25, 0.3) is 0 Å². The smallest absolute Gasteiger partial charge is 0.462 e. The molecule has 1 rings (SSSR count). The maximum atomic E-state index is 12.8. The Bertz CT molecular complexity index is 1300. The van der Waals surface area contributed by atoms with E-state index in [4.69, 9.17) is 18.5 Å². The number of allylic oxidation sites excluding steroid dienone is 8. The Morgan fingerprint density at radius 3 is 1.77 bits per heavy atom. The molecule has 0 aromatic carbocycles. The minimum Gasteiger partial charge on any atom is -0.462 e. The number of rotatable bonds is 35. The molecule has 7 unspecified atom stereocenters. The Morgan fingerprint density at radius 1 is 0.617 bits per heavy atom. The van der Waals surface area contributed by atoms with E-state index in [9.17, 15) is 49.7 Å². The summed E-state index contributed by atoms with van der Waals surface area (Å²) >= 11 is 0. The molecule has 1 aliphatic rings. The number of esters is 2. The van der Waals surface area contributed by atoms with Crippen molar-refractivity contribution in [2.75, 3.05) is 13.2 Å². The van der Waals surface area contributed by atoms with Gasteiger partial charge in [0.1, 0.15) is 43.2 Å². The summed E-state index contributed by atoms with van der Waals surface area (Å²) in [5, 5.41) is 60.1. The summed E-state index contributed by atoms with van der Waals surface area (Å²) in [6, 6.07) is 0. The molecular formula is C45H77O14P. The fourth-order valence-corrected chi connectivity index (χ4v) is 7.32. The number of carbonyl (C=O) groups is 2. The first-order chi connectivity index (χ1) is 28.8. The number of phosphoric ester groups is 1. The van der Waals surface area contributed by atoms with E-state index >= 15 is 0 Å². The largest absolute Gasteiger partial charge is 0.472 e. The van der Waals surface area contributed by atoms with Gasteiger partial charge in [0.15, 0.2) is 6.10 Å². The molecule has 0 amide bonds. The first kappa shape index (κ1) is 55.5. The van der Waals surface area contributed by atoms with Gasteiger partial charge in [-0.2, -0.15) is 0 Å². The number of hydrogen-bond acceptors (Lipinski definition) is 13. The molecule has 60 heavy (non-hydrogen) atoms. The molecule has 7 atom stereocenters. The van der Waals surface area contributed by atoms with Crippen molar-refractivity contribution in [3.05, 3.63) is 60.8 Å². The van der Waals surface area contributed by atoms with Crippen molar-refractivity contribution < 1.29 is 68.2 Å². The Morgan fingerprint density at radius 2 is 1.15 bits per heavy atom. The monoisotopic (exact) mass is 873 g/mol. The topological polar surface area (TPSA) is 230 Å². The summed E-state index contributed by atoms with van der Waals surface area (Å²) in [5.41, 5.74) is 0. The number of aliphatic hydroxyl groups excluding tert-OH is 6. The van der Waals surface area contributed by atoms with Gasteiger partial charge in [0.25, 0.3) is 0 Å². The van der Waals surface area contributed by atoms with E-state index < -0.39 is 81.8 Å². The van der Waals surface area contributed by atoms with Crippen LogP contribution in [0.5, 0.6) is 0 Å². The molecule has 1 saturated carbocycles. The van der Waals surface area contributed by atoms with Crippen LogP contribution in [-0.4, -0.2) is 110 Å². The highest BCUT2D eigenvalue weighted by Crippen LogP contribution is 2.47. The number of aliphatic hydroxyl groups is 6. The van der Waals surface area contributed by atoms with Gasteiger partial charge in [0.05, 0.1) is 12.7 Å². The predicted octanol–water partition coefficient (Wildman–Crippen LogP) is 7.14. The molecule has 0 bridgehead atoms. The van der Waals surface area contributed by atoms with E-state index in [1.165, 1.54) is 57.8 Å². The molecule has 1 aliphatic carbocycles. The summed E-state index contributed by atoms with van der Waals surface area (Å²) in [6.45, 7) is 3.05. The minimum absolute atomic E-state index is 0.0145. The minimum atomic E-state index is -5.15. The molecule has 0 aliphatic heterocycles. The highest BCUT2D eigenvalue weighted by molar-refractivity contribution is 7.47. The molecular weight excluding hydrogens is 795 g/mol. The fourth-order valence-electron chi connectivity index (χ4n) is 6.35. The molecule has 0 saturated heterocycles. The first-order valence-corrected chi connectivity index (χ1v) is 23.7.